The molecule has 178 valence electrons. The highest BCUT2D eigenvalue weighted by Crippen LogP contribution is 2.23. The van der Waals surface area contributed by atoms with Crippen LogP contribution in [0.2, 0.25) is 5.02 Å². The summed E-state index contributed by atoms with van der Waals surface area (Å²) < 4.78 is 27.9. The van der Waals surface area contributed by atoms with Crippen molar-refractivity contribution >= 4 is 38.9 Å². The molecule has 0 aromatic heterocycles. The first kappa shape index (κ1) is 24.3. The number of rotatable bonds is 7. The Balaban J connectivity index is 1.37. The lowest BCUT2D eigenvalue weighted by atomic mass is 10.1. The van der Waals surface area contributed by atoms with Crippen LogP contribution in [0.25, 0.3) is 0 Å². The number of carbonyl (C=O) groups excluding carboxylic acids is 1. The standard InChI is InChI=1S/C26H28ClN3O3S/c1-19-5-10-23(17-25(19)27)29-34(32,33)24-13-11-22(12-14-24)28-26(31)21-8-6-20(7-9-21)18-30-15-3-2-4-16-30/h5-14,17,29H,2-4,15-16,18H2,1H3,(H,28,31). The lowest BCUT2D eigenvalue weighted by Gasteiger charge is -2.26. The van der Waals surface area contributed by atoms with Crippen LogP contribution in [0.1, 0.15) is 40.7 Å². The number of sulfonamides is 1. The summed E-state index contributed by atoms with van der Waals surface area (Å²) >= 11 is 6.08. The van der Waals surface area contributed by atoms with Gasteiger partial charge in [0.1, 0.15) is 0 Å². The van der Waals surface area contributed by atoms with Gasteiger partial charge in [-0.2, -0.15) is 0 Å². The number of amides is 1. The van der Waals surface area contributed by atoms with E-state index in [2.05, 4.69) is 14.9 Å². The van der Waals surface area contributed by atoms with Crippen molar-refractivity contribution in [2.75, 3.05) is 23.1 Å². The third kappa shape index (κ3) is 6.17. The van der Waals surface area contributed by atoms with Crippen molar-refractivity contribution in [1.29, 1.82) is 0 Å². The largest absolute Gasteiger partial charge is 0.322 e. The molecule has 1 fully saturated rings. The fourth-order valence-electron chi connectivity index (χ4n) is 3.93. The van der Waals surface area contributed by atoms with Gasteiger partial charge in [0.2, 0.25) is 0 Å². The summed E-state index contributed by atoms with van der Waals surface area (Å²) in [5, 5.41) is 3.30. The minimum atomic E-state index is -3.78. The fourth-order valence-corrected chi connectivity index (χ4v) is 5.16. The van der Waals surface area contributed by atoms with E-state index >= 15 is 0 Å². The summed E-state index contributed by atoms with van der Waals surface area (Å²) in [7, 11) is -3.78. The van der Waals surface area contributed by atoms with Gasteiger partial charge in [-0.1, -0.05) is 36.2 Å². The zero-order valence-corrected chi connectivity index (χ0v) is 20.6. The van der Waals surface area contributed by atoms with Gasteiger partial charge in [-0.3, -0.25) is 14.4 Å². The maximum absolute atomic E-state index is 12.7. The van der Waals surface area contributed by atoms with Crippen LogP contribution >= 0.6 is 11.6 Å². The number of aryl methyl sites for hydroxylation is 1. The van der Waals surface area contributed by atoms with Gasteiger partial charge >= 0.3 is 0 Å². The fraction of sp³-hybridized carbons (Fsp3) is 0.269. The number of likely N-dealkylation sites (tertiary alicyclic amines) is 1. The Labute approximate surface area is 206 Å². The van der Waals surface area contributed by atoms with Crippen LogP contribution in [-0.4, -0.2) is 32.3 Å². The summed E-state index contributed by atoms with van der Waals surface area (Å²) in [6.45, 7) is 5.00. The number of piperidine rings is 1. The molecule has 0 spiro atoms. The number of carbonyl (C=O) groups is 1. The van der Waals surface area contributed by atoms with E-state index in [9.17, 15) is 13.2 Å². The van der Waals surface area contributed by atoms with E-state index < -0.39 is 10.0 Å². The van der Waals surface area contributed by atoms with Crippen LogP contribution in [0.3, 0.4) is 0 Å². The molecule has 2 N–H and O–H groups in total. The molecule has 0 unspecified atom stereocenters. The molecule has 8 heteroatoms. The van der Waals surface area contributed by atoms with Crippen LogP contribution in [-0.2, 0) is 16.6 Å². The zero-order valence-electron chi connectivity index (χ0n) is 19.1. The Morgan fingerprint density at radius 2 is 1.56 bits per heavy atom. The third-order valence-corrected chi connectivity index (χ3v) is 7.72. The molecule has 1 aliphatic heterocycles. The molecular formula is C26H28ClN3O3S. The van der Waals surface area contributed by atoms with E-state index in [0.29, 0.717) is 22.0 Å². The Bertz CT molecular complexity index is 1250. The second kappa shape index (κ2) is 10.6. The summed E-state index contributed by atoms with van der Waals surface area (Å²) in [4.78, 5) is 15.2. The molecule has 1 saturated heterocycles. The number of hydrogen-bond donors (Lipinski definition) is 2. The first-order valence-electron chi connectivity index (χ1n) is 11.3. The van der Waals surface area contributed by atoms with Crippen LogP contribution in [0.5, 0.6) is 0 Å². The van der Waals surface area contributed by atoms with Gasteiger partial charge in [0.05, 0.1) is 10.6 Å². The van der Waals surface area contributed by atoms with E-state index in [-0.39, 0.29) is 10.8 Å². The minimum Gasteiger partial charge on any atom is -0.322 e. The molecule has 0 saturated carbocycles. The Hall–Kier alpha value is -2.87. The topological polar surface area (TPSA) is 78.5 Å². The molecule has 0 radical (unpaired) electrons. The van der Waals surface area contributed by atoms with Crippen LogP contribution < -0.4 is 10.0 Å². The van der Waals surface area contributed by atoms with Gasteiger partial charge in [-0.05, 0) is 92.5 Å². The van der Waals surface area contributed by atoms with Crippen molar-refractivity contribution in [2.24, 2.45) is 0 Å². The molecular weight excluding hydrogens is 470 g/mol. The molecule has 1 amide bonds. The average Bonchev–Trinajstić information content (AvgIpc) is 2.83. The van der Waals surface area contributed by atoms with E-state index in [0.717, 1.165) is 25.2 Å². The Kier molecular flexibility index (Phi) is 7.56. The molecule has 1 heterocycles. The van der Waals surface area contributed by atoms with E-state index in [1.807, 2.05) is 31.2 Å². The average molecular weight is 498 g/mol. The maximum Gasteiger partial charge on any atom is 0.261 e. The minimum absolute atomic E-state index is 0.0873. The van der Waals surface area contributed by atoms with Crippen molar-refractivity contribution < 1.29 is 13.2 Å². The highest BCUT2D eigenvalue weighted by molar-refractivity contribution is 7.92. The van der Waals surface area contributed by atoms with Gasteiger partial charge in [-0.15, -0.1) is 0 Å². The number of benzene rings is 3. The second-order valence-electron chi connectivity index (χ2n) is 8.58. The van der Waals surface area contributed by atoms with Gasteiger partial charge in [0.25, 0.3) is 15.9 Å². The Morgan fingerprint density at radius 1 is 0.912 bits per heavy atom. The van der Waals surface area contributed by atoms with Gasteiger partial charge in [0.15, 0.2) is 0 Å². The van der Waals surface area contributed by atoms with E-state index in [1.165, 1.54) is 37.0 Å². The first-order valence-corrected chi connectivity index (χ1v) is 13.2. The van der Waals surface area contributed by atoms with Crippen molar-refractivity contribution in [3.63, 3.8) is 0 Å². The van der Waals surface area contributed by atoms with Gasteiger partial charge in [-0.25, -0.2) is 8.42 Å². The summed E-state index contributed by atoms with van der Waals surface area (Å²) in [6.07, 6.45) is 3.80. The maximum atomic E-state index is 12.7. The molecule has 0 bridgehead atoms. The molecule has 3 aromatic rings. The van der Waals surface area contributed by atoms with E-state index in [1.54, 1.807) is 30.3 Å². The number of nitrogens with one attached hydrogen (secondary N) is 2. The molecule has 4 rings (SSSR count). The SMILES string of the molecule is Cc1ccc(NS(=O)(=O)c2ccc(NC(=O)c3ccc(CN4CCCCC4)cc3)cc2)cc1Cl. The van der Waals surface area contributed by atoms with Crippen molar-refractivity contribution in [3.8, 4) is 0 Å². The second-order valence-corrected chi connectivity index (χ2v) is 10.7. The zero-order chi connectivity index (χ0) is 24.1. The predicted octanol–water partition coefficient (Wildman–Crippen LogP) is 5.69. The van der Waals surface area contributed by atoms with Crippen LogP contribution in [0, 0.1) is 6.92 Å². The first-order chi connectivity index (χ1) is 16.3. The molecule has 3 aromatic carbocycles. The summed E-state index contributed by atoms with van der Waals surface area (Å²) in [5.74, 6) is -0.243. The number of nitrogens with zero attached hydrogens (tertiary/aromatic N) is 1. The van der Waals surface area contributed by atoms with E-state index in [4.69, 9.17) is 11.6 Å². The smallest absolute Gasteiger partial charge is 0.261 e. The van der Waals surface area contributed by atoms with Crippen molar-refractivity contribution in [3.05, 3.63) is 88.4 Å². The summed E-state index contributed by atoms with van der Waals surface area (Å²) in [5.41, 5.74) is 3.50. The highest BCUT2D eigenvalue weighted by Gasteiger charge is 2.16. The predicted molar refractivity (Wildman–Crippen MR) is 137 cm³/mol. The molecule has 0 atom stereocenters. The molecule has 0 aliphatic carbocycles. The number of anilines is 2. The van der Waals surface area contributed by atoms with Crippen LogP contribution in [0.15, 0.2) is 71.6 Å². The Morgan fingerprint density at radius 3 is 2.21 bits per heavy atom. The normalized spacial score (nSPS) is 14.5. The van der Waals surface area contributed by atoms with Gasteiger partial charge in [0, 0.05) is 22.8 Å². The van der Waals surface area contributed by atoms with Crippen LogP contribution in [0.4, 0.5) is 11.4 Å². The molecule has 1 aliphatic rings. The lowest BCUT2D eigenvalue weighted by molar-refractivity contribution is 0.102. The monoisotopic (exact) mass is 497 g/mol. The van der Waals surface area contributed by atoms with Crippen molar-refractivity contribution in [2.45, 2.75) is 37.6 Å². The van der Waals surface area contributed by atoms with Crippen molar-refractivity contribution in [1.82, 2.24) is 4.90 Å². The lowest BCUT2D eigenvalue weighted by Crippen LogP contribution is -2.29. The summed E-state index contributed by atoms with van der Waals surface area (Å²) in [6, 6.07) is 18.6. The van der Waals surface area contributed by atoms with Gasteiger partial charge < -0.3 is 5.32 Å². The quantitative estimate of drug-likeness (QED) is 0.439. The third-order valence-electron chi connectivity index (χ3n) is 5.92. The molecule has 6 nitrogen and oxygen atoms in total. The number of hydrogen-bond acceptors (Lipinski definition) is 4. The number of halogens is 1. The highest BCUT2D eigenvalue weighted by atomic mass is 35.5. The molecule has 34 heavy (non-hydrogen) atoms.